The van der Waals surface area contributed by atoms with Crippen LogP contribution in [0.15, 0.2) is 24.3 Å². The lowest BCUT2D eigenvalue weighted by Gasteiger charge is -2.16. The quantitative estimate of drug-likeness (QED) is 0.844. The largest absolute Gasteiger partial charge is 0.390 e. The van der Waals surface area contributed by atoms with Gasteiger partial charge >= 0.3 is 0 Å². The van der Waals surface area contributed by atoms with E-state index < -0.39 is 5.60 Å². The minimum atomic E-state index is -0.653. The zero-order valence-electron chi connectivity index (χ0n) is 12.9. The fourth-order valence-electron chi connectivity index (χ4n) is 2.36. The zero-order chi connectivity index (χ0) is 15.3. The van der Waals surface area contributed by atoms with E-state index in [9.17, 15) is 9.90 Å². The second-order valence-electron chi connectivity index (χ2n) is 6.45. The van der Waals surface area contributed by atoms with E-state index in [0.717, 1.165) is 31.6 Å². The Bertz CT molecular complexity index is 456. The number of aliphatic hydroxyl groups is 1. The van der Waals surface area contributed by atoms with E-state index >= 15 is 0 Å². The van der Waals surface area contributed by atoms with E-state index in [2.05, 4.69) is 5.32 Å². The van der Waals surface area contributed by atoms with Crippen molar-refractivity contribution in [3.63, 3.8) is 0 Å². The molecule has 1 aliphatic heterocycles. The summed E-state index contributed by atoms with van der Waals surface area (Å²) in [5.74, 6) is 0.413. The molecule has 0 bridgehead atoms. The summed E-state index contributed by atoms with van der Waals surface area (Å²) >= 11 is 0. The number of ether oxygens (including phenoxy) is 1. The van der Waals surface area contributed by atoms with Gasteiger partial charge in [-0.3, -0.25) is 4.79 Å². The van der Waals surface area contributed by atoms with Crippen LogP contribution in [-0.2, 0) is 11.2 Å². The lowest BCUT2D eigenvalue weighted by Crippen LogP contribution is -2.29. The summed E-state index contributed by atoms with van der Waals surface area (Å²) in [7, 11) is 0. The Hall–Kier alpha value is -1.39. The molecule has 0 spiro atoms. The molecule has 0 aromatic heterocycles. The van der Waals surface area contributed by atoms with Crippen molar-refractivity contribution in [1.29, 1.82) is 0 Å². The van der Waals surface area contributed by atoms with Gasteiger partial charge in [0.15, 0.2) is 0 Å². The van der Waals surface area contributed by atoms with Gasteiger partial charge in [-0.25, -0.2) is 0 Å². The molecule has 0 radical (unpaired) electrons. The van der Waals surface area contributed by atoms with E-state index in [-0.39, 0.29) is 5.91 Å². The summed E-state index contributed by atoms with van der Waals surface area (Å²) in [6, 6.07) is 7.61. The van der Waals surface area contributed by atoms with Gasteiger partial charge in [-0.15, -0.1) is 0 Å². The van der Waals surface area contributed by atoms with Gasteiger partial charge < -0.3 is 15.2 Å². The molecule has 1 fully saturated rings. The van der Waals surface area contributed by atoms with Crippen molar-refractivity contribution >= 4 is 5.91 Å². The van der Waals surface area contributed by atoms with Gasteiger partial charge in [0.05, 0.1) is 12.2 Å². The third-order valence-corrected chi connectivity index (χ3v) is 3.82. The van der Waals surface area contributed by atoms with Gasteiger partial charge in [0.2, 0.25) is 0 Å². The molecule has 1 aromatic carbocycles. The summed E-state index contributed by atoms with van der Waals surface area (Å²) < 4.78 is 5.29. The number of nitrogens with one attached hydrogen (secondary N) is 1. The van der Waals surface area contributed by atoms with Gasteiger partial charge in [-0.05, 0) is 50.8 Å². The van der Waals surface area contributed by atoms with Crippen LogP contribution in [0.4, 0.5) is 0 Å². The molecule has 4 nitrogen and oxygen atoms in total. The third kappa shape index (κ3) is 5.48. The van der Waals surface area contributed by atoms with Crippen LogP contribution in [0.1, 0.15) is 42.6 Å². The van der Waals surface area contributed by atoms with E-state index in [1.165, 1.54) is 0 Å². The predicted octanol–water partition coefficient (Wildman–Crippen LogP) is 2.16. The minimum Gasteiger partial charge on any atom is -0.390 e. The number of carbonyl (C=O) groups is 1. The predicted molar refractivity (Wildman–Crippen MR) is 82.3 cm³/mol. The van der Waals surface area contributed by atoms with Crippen molar-refractivity contribution in [2.24, 2.45) is 5.92 Å². The summed E-state index contributed by atoms with van der Waals surface area (Å²) in [6.07, 6.45) is 2.54. The first-order chi connectivity index (χ1) is 9.94. The fraction of sp³-hybridized carbons (Fsp3) is 0.588. The normalized spacial score (nSPS) is 18.7. The van der Waals surface area contributed by atoms with Gasteiger partial charge in [0.1, 0.15) is 0 Å². The fourth-order valence-corrected chi connectivity index (χ4v) is 2.36. The minimum absolute atomic E-state index is 0.0315. The number of amides is 1. The third-order valence-electron chi connectivity index (χ3n) is 3.82. The summed E-state index contributed by atoms with van der Waals surface area (Å²) in [4.78, 5) is 12.0. The highest BCUT2D eigenvalue weighted by Gasteiger charge is 2.17. The maximum Gasteiger partial charge on any atom is 0.251 e. The van der Waals surface area contributed by atoms with Crippen molar-refractivity contribution in [2.75, 3.05) is 19.8 Å². The zero-order valence-corrected chi connectivity index (χ0v) is 12.9. The number of rotatable bonds is 6. The second-order valence-corrected chi connectivity index (χ2v) is 6.45. The molecule has 2 rings (SSSR count). The van der Waals surface area contributed by atoms with Crippen molar-refractivity contribution in [3.05, 3.63) is 35.4 Å². The highest BCUT2D eigenvalue weighted by Crippen LogP contribution is 2.14. The Morgan fingerprint density at radius 2 is 2.10 bits per heavy atom. The second kappa shape index (κ2) is 7.05. The van der Waals surface area contributed by atoms with Gasteiger partial charge in [0, 0.05) is 24.6 Å². The first-order valence-electron chi connectivity index (χ1n) is 7.61. The van der Waals surface area contributed by atoms with Crippen molar-refractivity contribution in [3.8, 4) is 0 Å². The highest BCUT2D eigenvalue weighted by molar-refractivity contribution is 5.94. The van der Waals surface area contributed by atoms with Crippen LogP contribution >= 0.6 is 0 Å². The SMILES string of the molecule is CC(C)(O)CCc1ccc(C(=O)NCC2CCOC2)cc1. The average Bonchev–Trinajstić information content (AvgIpc) is 2.95. The number of aryl methyl sites for hydroxylation is 1. The summed E-state index contributed by atoms with van der Waals surface area (Å²) in [5.41, 5.74) is 1.16. The molecule has 21 heavy (non-hydrogen) atoms. The Labute approximate surface area is 126 Å². The number of hydrogen-bond acceptors (Lipinski definition) is 3. The Balaban J connectivity index is 1.81. The molecular weight excluding hydrogens is 266 g/mol. The molecule has 0 saturated carbocycles. The molecule has 1 aromatic rings. The van der Waals surface area contributed by atoms with Crippen molar-refractivity contribution in [2.45, 2.75) is 38.7 Å². The molecule has 2 N–H and O–H groups in total. The van der Waals surface area contributed by atoms with Crippen LogP contribution in [0.2, 0.25) is 0 Å². The Morgan fingerprint density at radius 3 is 2.67 bits per heavy atom. The lowest BCUT2D eigenvalue weighted by molar-refractivity contribution is 0.0713. The summed E-state index contributed by atoms with van der Waals surface area (Å²) in [5, 5.41) is 12.7. The Kier molecular flexibility index (Phi) is 5.37. The van der Waals surface area contributed by atoms with E-state index in [0.29, 0.717) is 24.4 Å². The number of carbonyl (C=O) groups excluding carboxylic acids is 1. The van der Waals surface area contributed by atoms with E-state index in [4.69, 9.17) is 4.74 Å². The first kappa shape index (κ1) is 16.0. The van der Waals surface area contributed by atoms with Crippen LogP contribution in [-0.4, -0.2) is 36.4 Å². The van der Waals surface area contributed by atoms with Crippen LogP contribution < -0.4 is 5.32 Å². The van der Waals surface area contributed by atoms with Gasteiger partial charge in [0.25, 0.3) is 5.91 Å². The molecule has 116 valence electrons. The molecule has 1 amide bonds. The Morgan fingerprint density at radius 1 is 1.38 bits per heavy atom. The maximum atomic E-state index is 12.0. The monoisotopic (exact) mass is 291 g/mol. The molecular formula is C17H25NO3. The maximum absolute atomic E-state index is 12.0. The number of hydrogen-bond donors (Lipinski definition) is 2. The molecule has 1 aliphatic rings. The number of benzene rings is 1. The summed E-state index contributed by atoms with van der Waals surface area (Å²) in [6.45, 7) is 5.84. The van der Waals surface area contributed by atoms with Gasteiger partial charge in [-0.2, -0.15) is 0 Å². The van der Waals surface area contributed by atoms with E-state index in [1.807, 2.05) is 38.1 Å². The molecule has 1 heterocycles. The average molecular weight is 291 g/mol. The van der Waals surface area contributed by atoms with Crippen LogP contribution in [0.5, 0.6) is 0 Å². The van der Waals surface area contributed by atoms with Gasteiger partial charge in [-0.1, -0.05) is 12.1 Å². The molecule has 0 aliphatic carbocycles. The molecule has 4 heteroatoms. The molecule has 1 atom stereocenters. The standard InChI is InChI=1S/C17H25NO3/c1-17(2,20)9-7-13-3-5-15(6-4-13)16(19)18-11-14-8-10-21-12-14/h3-6,14,20H,7-12H2,1-2H3,(H,18,19). The van der Waals surface area contributed by atoms with Crippen LogP contribution in [0.25, 0.3) is 0 Å². The van der Waals surface area contributed by atoms with Crippen molar-refractivity contribution < 1.29 is 14.6 Å². The lowest BCUT2D eigenvalue weighted by atomic mass is 9.98. The van der Waals surface area contributed by atoms with Crippen LogP contribution in [0.3, 0.4) is 0 Å². The van der Waals surface area contributed by atoms with E-state index in [1.54, 1.807) is 0 Å². The van der Waals surface area contributed by atoms with Crippen LogP contribution in [0, 0.1) is 5.92 Å². The first-order valence-corrected chi connectivity index (χ1v) is 7.61. The van der Waals surface area contributed by atoms with Crippen molar-refractivity contribution in [1.82, 2.24) is 5.32 Å². The topological polar surface area (TPSA) is 58.6 Å². The highest BCUT2D eigenvalue weighted by atomic mass is 16.5. The molecule has 1 unspecified atom stereocenters. The smallest absolute Gasteiger partial charge is 0.251 e. The molecule has 1 saturated heterocycles.